The molecule has 0 saturated carbocycles. The lowest BCUT2D eigenvalue weighted by atomic mass is 9.99. The van der Waals surface area contributed by atoms with E-state index in [1.807, 2.05) is 27.7 Å². The van der Waals surface area contributed by atoms with Gasteiger partial charge >= 0.3 is 0 Å². The van der Waals surface area contributed by atoms with E-state index in [2.05, 4.69) is 20.2 Å². The second-order valence-electron chi connectivity index (χ2n) is 6.10. The zero-order valence-corrected chi connectivity index (χ0v) is 12.7. The van der Waals surface area contributed by atoms with Gasteiger partial charge in [-0.25, -0.2) is 0 Å². The van der Waals surface area contributed by atoms with E-state index in [4.69, 9.17) is 0 Å². The van der Waals surface area contributed by atoms with Crippen molar-refractivity contribution in [3.63, 3.8) is 0 Å². The zero-order chi connectivity index (χ0) is 14.9. The highest BCUT2D eigenvalue weighted by atomic mass is 16.3. The molecule has 0 atom stereocenters. The van der Waals surface area contributed by atoms with Crippen LogP contribution in [0.4, 0.5) is 0 Å². The number of aromatic nitrogens is 2. The van der Waals surface area contributed by atoms with Gasteiger partial charge in [0.15, 0.2) is 0 Å². The van der Waals surface area contributed by atoms with Crippen molar-refractivity contribution in [3.05, 3.63) is 21.7 Å². The normalized spacial score (nSPS) is 17.6. The molecule has 112 valence electrons. The fraction of sp³-hybridized carbons (Fsp3) is 0.714. The summed E-state index contributed by atoms with van der Waals surface area (Å²) in [4.78, 5) is 21.5. The van der Waals surface area contributed by atoms with E-state index in [0.717, 1.165) is 26.2 Å². The second-order valence-corrected chi connectivity index (χ2v) is 6.10. The van der Waals surface area contributed by atoms with E-state index in [0.29, 0.717) is 11.4 Å². The maximum absolute atomic E-state index is 12.1. The van der Waals surface area contributed by atoms with Gasteiger partial charge in [-0.05, 0) is 19.8 Å². The Bertz CT molecular complexity index is 530. The second kappa shape index (κ2) is 5.54. The Morgan fingerprint density at radius 2 is 1.90 bits per heavy atom. The van der Waals surface area contributed by atoms with E-state index in [1.54, 1.807) is 0 Å². The van der Waals surface area contributed by atoms with Crippen molar-refractivity contribution >= 4 is 0 Å². The number of nitrogens with zero attached hydrogens (tertiary/aromatic N) is 2. The van der Waals surface area contributed by atoms with Gasteiger partial charge in [0.2, 0.25) is 5.88 Å². The van der Waals surface area contributed by atoms with Crippen LogP contribution in [0.1, 0.15) is 45.0 Å². The minimum Gasteiger partial charge on any atom is -0.493 e. The number of hydrogen-bond donors (Lipinski definition) is 3. The summed E-state index contributed by atoms with van der Waals surface area (Å²) in [6.45, 7) is 11.4. The summed E-state index contributed by atoms with van der Waals surface area (Å²) in [5.74, 6) is 0.316. The van der Waals surface area contributed by atoms with Gasteiger partial charge in [0.25, 0.3) is 5.56 Å². The van der Waals surface area contributed by atoms with Crippen molar-refractivity contribution < 1.29 is 5.11 Å². The van der Waals surface area contributed by atoms with E-state index < -0.39 is 5.54 Å². The average molecular weight is 280 g/mol. The van der Waals surface area contributed by atoms with Gasteiger partial charge in [-0.2, -0.15) is 4.98 Å². The topological polar surface area (TPSA) is 81.2 Å². The third-order valence-electron chi connectivity index (χ3n) is 4.00. The van der Waals surface area contributed by atoms with Gasteiger partial charge < -0.3 is 15.4 Å². The van der Waals surface area contributed by atoms with Crippen molar-refractivity contribution in [2.45, 2.75) is 39.2 Å². The summed E-state index contributed by atoms with van der Waals surface area (Å²) in [6.07, 6.45) is 0. The number of aromatic amines is 1. The number of H-pyrrole nitrogens is 1. The third kappa shape index (κ3) is 2.71. The van der Waals surface area contributed by atoms with Crippen molar-refractivity contribution in [3.8, 4) is 5.88 Å². The first-order chi connectivity index (χ1) is 9.34. The van der Waals surface area contributed by atoms with E-state index in [-0.39, 0.29) is 17.4 Å². The molecular weight excluding hydrogens is 256 g/mol. The van der Waals surface area contributed by atoms with Crippen LogP contribution in [0, 0.1) is 0 Å². The zero-order valence-electron chi connectivity index (χ0n) is 12.7. The molecular formula is C14H24N4O2. The van der Waals surface area contributed by atoms with Crippen LogP contribution in [0.5, 0.6) is 5.88 Å². The summed E-state index contributed by atoms with van der Waals surface area (Å²) in [5, 5.41) is 13.3. The fourth-order valence-corrected chi connectivity index (χ4v) is 2.65. The van der Waals surface area contributed by atoms with Gasteiger partial charge in [-0.1, -0.05) is 13.8 Å². The number of rotatable bonds is 3. The molecule has 3 N–H and O–H groups in total. The minimum absolute atomic E-state index is 0.0531. The molecule has 0 amide bonds. The molecule has 0 radical (unpaired) electrons. The molecule has 0 unspecified atom stereocenters. The number of nitrogens with one attached hydrogen (secondary N) is 2. The maximum atomic E-state index is 12.1. The summed E-state index contributed by atoms with van der Waals surface area (Å²) in [6, 6.07) is 0. The summed E-state index contributed by atoms with van der Waals surface area (Å²) >= 11 is 0. The maximum Gasteiger partial charge on any atom is 0.258 e. The molecule has 0 bridgehead atoms. The predicted molar refractivity (Wildman–Crippen MR) is 78.1 cm³/mol. The molecule has 1 aliphatic heterocycles. The van der Waals surface area contributed by atoms with Crippen LogP contribution < -0.4 is 10.9 Å². The van der Waals surface area contributed by atoms with Crippen LogP contribution in [0.25, 0.3) is 0 Å². The Balaban J connectivity index is 2.39. The van der Waals surface area contributed by atoms with Crippen LogP contribution in [-0.2, 0) is 5.54 Å². The van der Waals surface area contributed by atoms with Crippen molar-refractivity contribution in [1.82, 2.24) is 20.2 Å². The molecule has 0 aliphatic carbocycles. The Morgan fingerprint density at radius 3 is 2.40 bits per heavy atom. The number of piperazine rings is 1. The van der Waals surface area contributed by atoms with Crippen molar-refractivity contribution in [2.24, 2.45) is 0 Å². The molecule has 1 aromatic rings. The van der Waals surface area contributed by atoms with Gasteiger partial charge in [0.1, 0.15) is 5.82 Å². The summed E-state index contributed by atoms with van der Waals surface area (Å²) in [7, 11) is 0. The average Bonchev–Trinajstić information content (AvgIpc) is 2.38. The monoisotopic (exact) mass is 280 g/mol. The lowest BCUT2D eigenvalue weighted by Crippen LogP contribution is -2.52. The van der Waals surface area contributed by atoms with Crippen LogP contribution in [0.3, 0.4) is 0 Å². The van der Waals surface area contributed by atoms with E-state index in [9.17, 15) is 9.90 Å². The van der Waals surface area contributed by atoms with Crippen LogP contribution in [0.15, 0.2) is 4.79 Å². The summed E-state index contributed by atoms with van der Waals surface area (Å²) < 4.78 is 0. The Morgan fingerprint density at radius 1 is 1.30 bits per heavy atom. The number of aromatic hydroxyl groups is 1. The Hall–Kier alpha value is -1.40. The molecule has 1 saturated heterocycles. The molecule has 6 heteroatoms. The van der Waals surface area contributed by atoms with Crippen molar-refractivity contribution in [2.75, 3.05) is 26.2 Å². The third-order valence-corrected chi connectivity index (χ3v) is 4.00. The summed E-state index contributed by atoms with van der Waals surface area (Å²) in [5.41, 5.74) is -0.301. The molecule has 0 spiro atoms. The quantitative estimate of drug-likeness (QED) is 0.761. The van der Waals surface area contributed by atoms with Gasteiger partial charge in [0, 0.05) is 26.2 Å². The van der Waals surface area contributed by atoms with Gasteiger partial charge in [0.05, 0.1) is 11.1 Å². The molecule has 2 rings (SSSR count). The number of hydrogen-bond acceptors (Lipinski definition) is 5. The predicted octanol–water partition coefficient (Wildman–Crippen LogP) is 0.739. The molecule has 0 aromatic carbocycles. The Labute approximate surface area is 119 Å². The van der Waals surface area contributed by atoms with Crippen molar-refractivity contribution in [1.29, 1.82) is 0 Å². The van der Waals surface area contributed by atoms with Crippen LogP contribution >= 0.6 is 0 Å². The van der Waals surface area contributed by atoms with Gasteiger partial charge in [-0.3, -0.25) is 9.69 Å². The first-order valence-electron chi connectivity index (χ1n) is 7.13. The lowest BCUT2D eigenvalue weighted by molar-refractivity contribution is 0.0938. The van der Waals surface area contributed by atoms with E-state index in [1.165, 1.54) is 0 Å². The Kier molecular flexibility index (Phi) is 4.15. The van der Waals surface area contributed by atoms with Gasteiger partial charge in [-0.15, -0.1) is 0 Å². The highest BCUT2D eigenvalue weighted by Crippen LogP contribution is 2.27. The highest BCUT2D eigenvalue weighted by Gasteiger charge is 2.33. The minimum atomic E-state index is -0.408. The smallest absolute Gasteiger partial charge is 0.258 e. The van der Waals surface area contributed by atoms with Crippen LogP contribution in [0.2, 0.25) is 0 Å². The largest absolute Gasteiger partial charge is 0.493 e. The molecule has 6 nitrogen and oxygen atoms in total. The lowest BCUT2D eigenvalue weighted by Gasteiger charge is -2.40. The van der Waals surface area contributed by atoms with E-state index >= 15 is 0 Å². The fourth-order valence-electron chi connectivity index (χ4n) is 2.65. The standard InChI is InChI=1S/C14H24N4O2/c1-9(2)10-11(19)16-13(17-12(10)20)14(3,4)18-7-5-15-6-8-18/h9,15H,5-8H2,1-4H3,(H2,16,17,19,20). The molecule has 1 aliphatic rings. The highest BCUT2D eigenvalue weighted by molar-refractivity contribution is 5.27. The molecule has 1 fully saturated rings. The molecule has 2 heterocycles. The SMILES string of the molecule is CC(C)c1c(O)nc(C(C)(C)N2CCNCC2)[nH]c1=O. The first kappa shape index (κ1) is 15.0. The molecule has 1 aromatic heterocycles. The molecule has 20 heavy (non-hydrogen) atoms. The first-order valence-corrected chi connectivity index (χ1v) is 7.13. The van der Waals surface area contributed by atoms with Crippen LogP contribution in [-0.4, -0.2) is 46.2 Å².